The van der Waals surface area contributed by atoms with Gasteiger partial charge in [0.25, 0.3) is 0 Å². The lowest BCUT2D eigenvalue weighted by Crippen LogP contribution is -2.16. The molecule has 14 heavy (non-hydrogen) atoms. The van der Waals surface area contributed by atoms with Crippen molar-refractivity contribution in [1.82, 2.24) is 4.57 Å². The van der Waals surface area contributed by atoms with E-state index >= 15 is 0 Å². The summed E-state index contributed by atoms with van der Waals surface area (Å²) < 4.78 is 2.19. The van der Waals surface area contributed by atoms with Crippen molar-refractivity contribution in [3.8, 4) is 0 Å². The summed E-state index contributed by atoms with van der Waals surface area (Å²) >= 11 is 0. The van der Waals surface area contributed by atoms with E-state index in [4.69, 9.17) is 0 Å². The first-order chi connectivity index (χ1) is 6.41. The molecular formula is C12H17NO. The molecule has 0 radical (unpaired) electrons. The normalized spacial score (nSPS) is 16.1. The lowest BCUT2D eigenvalue weighted by molar-refractivity contribution is 0.0994. The van der Waals surface area contributed by atoms with E-state index in [-0.39, 0.29) is 5.41 Å². The van der Waals surface area contributed by atoms with Crippen molar-refractivity contribution in [2.75, 3.05) is 0 Å². The zero-order chi connectivity index (χ0) is 10.5. The highest BCUT2D eigenvalue weighted by atomic mass is 16.1. The van der Waals surface area contributed by atoms with Crippen LogP contribution in [-0.4, -0.2) is 10.4 Å². The van der Waals surface area contributed by atoms with Crippen LogP contribution in [0.15, 0.2) is 6.07 Å². The Hall–Kier alpha value is -1.05. The van der Waals surface area contributed by atoms with Crippen LogP contribution in [0, 0.1) is 0 Å². The molecule has 0 atom stereocenters. The molecule has 1 aliphatic carbocycles. The largest absolute Gasteiger partial charge is 0.350 e. The molecule has 0 fully saturated rings. The Bertz CT molecular complexity index is 393. The Labute approximate surface area is 84.9 Å². The van der Waals surface area contributed by atoms with Gasteiger partial charge in [-0.2, -0.15) is 0 Å². The lowest BCUT2D eigenvalue weighted by Gasteiger charge is -2.20. The average molecular weight is 191 g/mol. The van der Waals surface area contributed by atoms with E-state index in [9.17, 15) is 4.79 Å². The zero-order valence-corrected chi connectivity index (χ0v) is 9.35. The molecule has 0 N–H and O–H groups in total. The Morgan fingerprint density at radius 1 is 1.29 bits per heavy atom. The molecule has 1 aromatic heterocycles. The molecule has 1 heterocycles. The molecule has 0 amide bonds. The van der Waals surface area contributed by atoms with Gasteiger partial charge in [-0.05, 0) is 12.5 Å². The van der Waals surface area contributed by atoms with Crippen LogP contribution < -0.4 is 0 Å². The van der Waals surface area contributed by atoms with E-state index in [1.807, 2.05) is 0 Å². The molecule has 1 aromatic rings. The van der Waals surface area contributed by atoms with Gasteiger partial charge in [-0.25, -0.2) is 0 Å². The fourth-order valence-electron chi connectivity index (χ4n) is 2.27. The van der Waals surface area contributed by atoms with E-state index in [0.29, 0.717) is 12.2 Å². The first-order valence-corrected chi connectivity index (χ1v) is 5.13. The van der Waals surface area contributed by atoms with Gasteiger partial charge in [0.1, 0.15) is 0 Å². The second kappa shape index (κ2) is 2.72. The van der Waals surface area contributed by atoms with Crippen LogP contribution in [0.5, 0.6) is 0 Å². The Kier molecular flexibility index (Phi) is 1.85. The highest BCUT2D eigenvalue weighted by Crippen LogP contribution is 2.31. The second-order valence-electron chi connectivity index (χ2n) is 5.12. The monoisotopic (exact) mass is 191 g/mol. The third-order valence-electron chi connectivity index (χ3n) is 3.02. The van der Waals surface area contributed by atoms with E-state index in [1.165, 1.54) is 11.4 Å². The van der Waals surface area contributed by atoms with Gasteiger partial charge in [-0.1, -0.05) is 20.8 Å². The smallest absolute Gasteiger partial charge is 0.165 e. The molecule has 0 unspecified atom stereocenters. The van der Waals surface area contributed by atoms with Crippen LogP contribution in [0.3, 0.4) is 0 Å². The third kappa shape index (κ3) is 1.21. The quantitative estimate of drug-likeness (QED) is 0.617. The number of aromatic nitrogens is 1. The van der Waals surface area contributed by atoms with Crippen molar-refractivity contribution in [3.05, 3.63) is 23.0 Å². The molecule has 0 saturated heterocycles. The predicted molar refractivity (Wildman–Crippen MR) is 56.8 cm³/mol. The molecule has 2 heteroatoms. The molecule has 0 saturated carbocycles. The van der Waals surface area contributed by atoms with Crippen molar-refractivity contribution in [3.63, 3.8) is 0 Å². The number of ketones is 1. The molecule has 0 spiro atoms. The first kappa shape index (κ1) is 9.50. The fourth-order valence-corrected chi connectivity index (χ4v) is 2.27. The Morgan fingerprint density at radius 2 is 1.93 bits per heavy atom. The van der Waals surface area contributed by atoms with Crippen LogP contribution in [0.4, 0.5) is 0 Å². The summed E-state index contributed by atoms with van der Waals surface area (Å²) in [6, 6.07) is 2.07. The number of carbonyl (C=O) groups excluding carboxylic acids is 1. The van der Waals surface area contributed by atoms with Crippen LogP contribution in [-0.2, 0) is 18.9 Å². The van der Waals surface area contributed by atoms with Gasteiger partial charge in [0.05, 0.1) is 0 Å². The first-order valence-electron chi connectivity index (χ1n) is 5.13. The van der Waals surface area contributed by atoms with Gasteiger partial charge in [0, 0.05) is 35.8 Å². The van der Waals surface area contributed by atoms with Crippen molar-refractivity contribution < 1.29 is 4.79 Å². The molecule has 0 aromatic carbocycles. The number of rotatable bonds is 0. The van der Waals surface area contributed by atoms with Crippen molar-refractivity contribution in [2.45, 2.75) is 39.0 Å². The molecule has 2 nitrogen and oxygen atoms in total. The molecule has 0 aliphatic heterocycles. The number of nitrogens with zero attached hydrogens (tertiary/aromatic N) is 1. The zero-order valence-electron chi connectivity index (χ0n) is 9.35. The van der Waals surface area contributed by atoms with Gasteiger partial charge in [0.2, 0.25) is 0 Å². The molecule has 0 bridgehead atoms. The van der Waals surface area contributed by atoms with E-state index in [2.05, 4.69) is 38.5 Å². The number of Topliss-reactive ketones (excluding diaryl/α,β-unsaturated/α-hetero) is 1. The maximum Gasteiger partial charge on any atom is 0.165 e. The molecule has 76 valence electrons. The van der Waals surface area contributed by atoms with Gasteiger partial charge < -0.3 is 4.57 Å². The number of hydrogen-bond donors (Lipinski definition) is 0. The highest BCUT2D eigenvalue weighted by molar-refractivity contribution is 6.00. The summed E-state index contributed by atoms with van der Waals surface area (Å²) in [5, 5.41) is 0. The summed E-state index contributed by atoms with van der Waals surface area (Å²) in [6.07, 6.45) is 1.61. The summed E-state index contributed by atoms with van der Waals surface area (Å²) in [5.74, 6) is 0.311. The van der Waals surface area contributed by atoms with Gasteiger partial charge in [0.15, 0.2) is 5.78 Å². The minimum absolute atomic E-state index is 0.124. The van der Waals surface area contributed by atoms with E-state index in [1.54, 1.807) is 0 Å². The number of carbonyl (C=O) groups is 1. The lowest BCUT2D eigenvalue weighted by atomic mass is 9.92. The Balaban J connectivity index is 2.58. The summed E-state index contributed by atoms with van der Waals surface area (Å²) in [4.78, 5) is 11.5. The maximum absolute atomic E-state index is 11.5. The van der Waals surface area contributed by atoms with Gasteiger partial charge >= 0.3 is 0 Å². The van der Waals surface area contributed by atoms with Crippen LogP contribution >= 0.6 is 0 Å². The van der Waals surface area contributed by atoms with Crippen molar-refractivity contribution in [2.24, 2.45) is 7.05 Å². The summed E-state index contributed by atoms with van der Waals surface area (Å²) in [7, 11) is 2.07. The predicted octanol–water partition coefficient (Wildman–Crippen LogP) is 2.45. The SMILES string of the molecule is Cn1c(C(C)(C)C)cc2c1CCC2=O. The molecule has 2 rings (SSSR count). The fraction of sp³-hybridized carbons (Fsp3) is 0.583. The number of hydrogen-bond acceptors (Lipinski definition) is 1. The number of fused-ring (bicyclic) bond motifs is 1. The minimum atomic E-state index is 0.124. The molecular weight excluding hydrogens is 174 g/mol. The molecule has 1 aliphatic rings. The van der Waals surface area contributed by atoms with Gasteiger partial charge in [-0.15, -0.1) is 0 Å². The van der Waals surface area contributed by atoms with Crippen LogP contribution in [0.2, 0.25) is 0 Å². The second-order valence-corrected chi connectivity index (χ2v) is 5.12. The highest BCUT2D eigenvalue weighted by Gasteiger charge is 2.28. The topological polar surface area (TPSA) is 22.0 Å². The van der Waals surface area contributed by atoms with Crippen molar-refractivity contribution in [1.29, 1.82) is 0 Å². The Morgan fingerprint density at radius 3 is 2.43 bits per heavy atom. The maximum atomic E-state index is 11.5. The van der Waals surface area contributed by atoms with E-state index < -0.39 is 0 Å². The van der Waals surface area contributed by atoms with E-state index in [0.717, 1.165) is 12.0 Å². The third-order valence-corrected chi connectivity index (χ3v) is 3.02. The average Bonchev–Trinajstić information content (AvgIpc) is 2.54. The van der Waals surface area contributed by atoms with Gasteiger partial charge in [-0.3, -0.25) is 4.79 Å². The summed E-state index contributed by atoms with van der Waals surface area (Å²) in [6.45, 7) is 6.55. The standard InChI is InChI=1S/C12H17NO/c1-12(2,3)11-7-8-9(13(11)4)5-6-10(8)14/h7H,5-6H2,1-4H3. The van der Waals surface area contributed by atoms with Crippen LogP contribution in [0.1, 0.15) is 48.9 Å². The van der Waals surface area contributed by atoms with Crippen LogP contribution in [0.25, 0.3) is 0 Å². The summed E-state index contributed by atoms with van der Waals surface area (Å²) in [5.41, 5.74) is 3.56. The van der Waals surface area contributed by atoms with Crippen molar-refractivity contribution >= 4 is 5.78 Å². The minimum Gasteiger partial charge on any atom is -0.350 e.